The lowest BCUT2D eigenvalue weighted by atomic mass is 10.1. The third-order valence-electron chi connectivity index (χ3n) is 6.78. The average Bonchev–Trinajstić information content (AvgIpc) is 3.44. The van der Waals surface area contributed by atoms with E-state index in [1.165, 1.54) is 0 Å². The summed E-state index contributed by atoms with van der Waals surface area (Å²) in [6.07, 6.45) is -0.375. The molecule has 1 aromatic heterocycles. The molecule has 1 amide bonds. The van der Waals surface area contributed by atoms with Crippen LogP contribution in [0.4, 0.5) is 5.69 Å². The number of aliphatic hydroxyl groups is 1. The van der Waals surface area contributed by atoms with Crippen LogP contribution in [0.3, 0.4) is 0 Å². The van der Waals surface area contributed by atoms with Crippen LogP contribution < -0.4 is 14.4 Å². The van der Waals surface area contributed by atoms with E-state index >= 15 is 0 Å². The number of fused-ring (bicyclic) bond motifs is 1. The van der Waals surface area contributed by atoms with E-state index in [0.717, 1.165) is 45.2 Å². The number of rotatable bonds is 8. The molecule has 0 saturated carbocycles. The first-order valence-corrected chi connectivity index (χ1v) is 12.2. The minimum absolute atomic E-state index is 0.0580. The molecule has 1 aliphatic heterocycles. The molecular weight excluding hydrogens is 454 g/mol. The second kappa shape index (κ2) is 10.0. The highest BCUT2D eigenvalue weighted by Crippen LogP contribution is 2.34. The van der Waals surface area contributed by atoms with Gasteiger partial charge in [0.25, 0.3) is 0 Å². The van der Waals surface area contributed by atoms with Crippen molar-refractivity contribution in [3.8, 4) is 11.5 Å². The maximum absolute atomic E-state index is 13.0. The number of benzene rings is 3. The van der Waals surface area contributed by atoms with Crippen molar-refractivity contribution in [1.82, 2.24) is 9.55 Å². The first-order chi connectivity index (χ1) is 17.4. The molecule has 0 radical (unpaired) electrons. The summed E-state index contributed by atoms with van der Waals surface area (Å²) in [6.45, 7) is 5.03. The summed E-state index contributed by atoms with van der Waals surface area (Å²) < 4.78 is 13.3. The molecule has 1 saturated heterocycles. The molecule has 3 aromatic carbocycles. The summed E-state index contributed by atoms with van der Waals surface area (Å²) in [5, 5.41) is 11.0. The number of aliphatic hydroxyl groups excluding tert-OH is 1. The molecule has 0 unspecified atom stereocenters. The standard InChI is InChI=1S/C29H31N3O4/c1-19-7-6-8-20(2)28(19)36-18-23(33)17-32-26-10-5-4-9-25(26)30-29(32)21-15-27(34)31(16-21)22-11-13-24(35-3)14-12-22/h4-14,21,23,33H,15-18H2,1-3H3/t21-,23-/m1/s1. The van der Waals surface area contributed by atoms with Crippen LogP contribution in [0.15, 0.2) is 66.7 Å². The Morgan fingerprint density at radius 3 is 2.47 bits per heavy atom. The zero-order valence-corrected chi connectivity index (χ0v) is 20.8. The minimum Gasteiger partial charge on any atom is -0.497 e. The Hall–Kier alpha value is -3.84. The van der Waals surface area contributed by atoms with Crippen molar-refractivity contribution in [2.75, 3.05) is 25.2 Å². The number of nitrogens with zero attached hydrogens (tertiary/aromatic N) is 3. The van der Waals surface area contributed by atoms with Crippen LogP contribution in [0.2, 0.25) is 0 Å². The molecule has 36 heavy (non-hydrogen) atoms. The van der Waals surface area contributed by atoms with E-state index in [4.69, 9.17) is 14.5 Å². The van der Waals surface area contributed by atoms with Crippen LogP contribution in [-0.4, -0.2) is 46.9 Å². The molecule has 7 nitrogen and oxygen atoms in total. The second-order valence-electron chi connectivity index (χ2n) is 9.36. The Bertz CT molecular complexity index is 1360. The van der Waals surface area contributed by atoms with Crippen molar-refractivity contribution >= 4 is 22.6 Å². The van der Waals surface area contributed by atoms with Crippen LogP contribution >= 0.6 is 0 Å². The van der Waals surface area contributed by atoms with Crippen LogP contribution in [0.5, 0.6) is 11.5 Å². The van der Waals surface area contributed by atoms with Crippen LogP contribution in [0.25, 0.3) is 11.0 Å². The molecule has 1 aliphatic rings. The average molecular weight is 486 g/mol. The van der Waals surface area contributed by atoms with Gasteiger partial charge in [0.1, 0.15) is 30.0 Å². The zero-order valence-electron chi connectivity index (χ0n) is 20.8. The van der Waals surface area contributed by atoms with E-state index in [1.54, 1.807) is 12.0 Å². The third-order valence-corrected chi connectivity index (χ3v) is 6.78. The number of anilines is 1. The Morgan fingerprint density at radius 1 is 1.03 bits per heavy atom. The lowest BCUT2D eigenvalue weighted by Gasteiger charge is -2.20. The predicted molar refractivity (Wildman–Crippen MR) is 140 cm³/mol. The molecule has 1 N–H and O–H groups in total. The molecule has 1 fully saturated rings. The van der Waals surface area contributed by atoms with Gasteiger partial charge in [0.05, 0.1) is 24.7 Å². The van der Waals surface area contributed by atoms with Crippen LogP contribution in [0, 0.1) is 13.8 Å². The fraction of sp³-hybridized carbons (Fsp3) is 0.310. The largest absolute Gasteiger partial charge is 0.497 e. The van der Waals surface area contributed by atoms with Gasteiger partial charge in [-0.15, -0.1) is 0 Å². The Balaban J connectivity index is 1.38. The number of carbonyl (C=O) groups excluding carboxylic acids is 1. The molecule has 4 aromatic rings. The number of para-hydroxylation sites is 3. The molecule has 0 bridgehead atoms. The van der Waals surface area contributed by atoms with Crippen molar-refractivity contribution in [3.05, 3.63) is 83.7 Å². The van der Waals surface area contributed by atoms with E-state index in [2.05, 4.69) is 0 Å². The first-order valence-electron chi connectivity index (χ1n) is 12.2. The maximum Gasteiger partial charge on any atom is 0.227 e. The highest BCUT2D eigenvalue weighted by atomic mass is 16.5. The number of imidazole rings is 1. The Kier molecular flexibility index (Phi) is 6.65. The van der Waals surface area contributed by atoms with Crippen molar-refractivity contribution in [3.63, 3.8) is 0 Å². The lowest BCUT2D eigenvalue weighted by Crippen LogP contribution is -2.26. The van der Waals surface area contributed by atoms with Gasteiger partial charge in [0, 0.05) is 24.6 Å². The number of aromatic nitrogens is 2. The van der Waals surface area contributed by atoms with Crippen molar-refractivity contribution in [2.45, 2.75) is 38.8 Å². The van der Waals surface area contributed by atoms with Crippen LogP contribution in [0.1, 0.15) is 29.3 Å². The second-order valence-corrected chi connectivity index (χ2v) is 9.36. The minimum atomic E-state index is -0.741. The van der Waals surface area contributed by atoms with E-state index in [9.17, 15) is 9.90 Å². The van der Waals surface area contributed by atoms with Gasteiger partial charge in [-0.25, -0.2) is 4.98 Å². The number of hydrogen-bond acceptors (Lipinski definition) is 5. The summed E-state index contributed by atoms with van der Waals surface area (Å²) >= 11 is 0. The third kappa shape index (κ3) is 4.66. The molecule has 0 aliphatic carbocycles. The van der Waals surface area contributed by atoms with Gasteiger partial charge in [-0.2, -0.15) is 0 Å². The van der Waals surface area contributed by atoms with Crippen molar-refractivity contribution in [2.24, 2.45) is 0 Å². The quantitative estimate of drug-likeness (QED) is 0.394. The Morgan fingerprint density at radius 2 is 1.75 bits per heavy atom. The normalized spacial score (nSPS) is 16.5. The number of ether oxygens (including phenoxy) is 2. The summed E-state index contributed by atoms with van der Waals surface area (Å²) in [5.74, 6) is 2.35. The first kappa shape index (κ1) is 23.9. The molecule has 7 heteroatoms. The van der Waals surface area contributed by atoms with Crippen LogP contribution in [-0.2, 0) is 11.3 Å². The predicted octanol–water partition coefficient (Wildman–Crippen LogP) is 4.62. The zero-order chi connectivity index (χ0) is 25.2. The summed E-state index contributed by atoms with van der Waals surface area (Å²) in [4.78, 5) is 19.7. The van der Waals surface area contributed by atoms with Gasteiger partial charge in [-0.3, -0.25) is 4.79 Å². The van der Waals surface area contributed by atoms with Gasteiger partial charge in [0.2, 0.25) is 5.91 Å². The monoisotopic (exact) mass is 485 g/mol. The number of amides is 1. The maximum atomic E-state index is 13.0. The van der Waals surface area contributed by atoms with Crippen molar-refractivity contribution in [1.29, 1.82) is 0 Å². The van der Waals surface area contributed by atoms with Gasteiger partial charge in [0.15, 0.2) is 0 Å². The van der Waals surface area contributed by atoms with Gasteiger partial charge >= 0.3 is 0 Å². The van der Waals surface area contributed by atoms with E-state index in [1.807, 2.05) is 85.1 Å². The molecule has 186 valence electrons. The van der Waals surface area contributed by atoms with Gasteiger partial charge < -0.3 is 24.0 Å². The fourth-order valence-corrected chi connectivity index (χ4v) is 4.96. The number of carbonyl (C=O) groups is 1. The fourth-order valence-electron chi connectivity index (χ4n) is 4.96. The summed E-state index contributed by atoms with van der Waals surface area (Å²) in [7, 11) is 1.62. The number of hydrogen-bond donors (Lipinski definition) is 1. The number of aryl methyl sites for hydroxylation is 2. The van der Waals surface area contributed by atoms with Gasteiger partial charge in [-0.1, -0.05) is 30.3 Å². The van der Waals surface area contributed by atoms with E-state index in [0.29, 0.717) is 19.5 Å². The molecule has 2 heterocycles. The molecule has 0 spiro atoms. The highest BCUT2D eigenvalue weighted by molar-refractivity contribution is 5.96. The Labute approximate surface area is 210 Å². The van der Waals surface area contributed by atoms with E-state index in [-0.39, 0.29) is 18.4 Å². The lowest BCUT2D eigenvalue weighted by molar-refractivity contribution is -0.117. The smallest absolute Gasteiger partial charge is 0.227 e. The highest BCUT2D eigenvalue weighted by Gasteiger charge is 2.35. The summed E-state index contributed by atoms with van der Waals surface area (Å²) in [6, 6.07) is 21.4. The molecule has 2 atom stereocenters. The molecular formula is C29H31N3O4. The van der Waals surface area contributed by atoms with E-state index < -0.39 is 6.10 Å². The summed E-state index contributed by atoms with van der Waals surface area (Å²) in [5.41, 5.74) is 4.71. The number of methoxy groups -OCH3 is 1. The molecule has 5 rings (SSSR count). The van der Waals surface area contributed by atoms with Gasteiger partial charge in [-0.05, 0) is 61.4 Å². The topological polar surface area (TPSA) is 76.8 Å². The SMILES string of the molecule is COc1ccc(N2C[C@H](c3nc4ccccc4n3C[C@@H](O)COc3c(C)cccc3C)CC2=O)cc1. The van der Waals surface area contributed by atoms with Crippen molar-refractivity contribution < 1.29 is 19.4 Å².